The monoisotopic (exact) mass is 323 g/mol. The number of benzene rings is 2. The van der Waals surface area contributed by atoms with Gasteiger partial charge in [-0.05, 0) is 34.1 Å². The lowest BCUT2D eigenvalue weighted by Gasteiger charge is -2.10. The predicted octanol–water partition coefficient (Wildman–Crippen LogP) is 3.27. The van der Waals surface area contributed by atoms with E-state index in [1.807, 2.05) is 0 Å². The molecule has 0 aliphatic rings. The number of hydrogen-bond donors (Lipinski definition) is 1. The van der Waals surface area contributed by atoms with Crippen LogP contribution in [0.1, 0.15) is 15.9 Å². The third-order valence-corrected chi connectivity index (χ3v) is 3.21. The predicted molar refractivity (Wildman–Crippen MR) is 73.4 cm³/mol. The van der Waals surface area contributed by atoms with Gasteiger partial charge in [-0.25, -0.2) is 4.39 Å². The Morgan fingerprint density at radius 2 is 2.00 bits per heavy atom. The molecule has 0 radical (unpaired) electrons. The second kappa shape index (κ2) is 5.84. The highest BCUT2D eigenvalue weighted by Crippen LogP contribution is 2.26. The van der Waals surface area contributed by atoms with Crippen molar-refractivity contribution >= 4 is 21.8 Å². The summed E-state index contributed by atoms with van der Waals surface area (Å²) in [5.41, 5.74) is 6.33. The quantitative estimate of drug-likeness (QED) is 0.938. The lowest BCUT2D eigenvalue weighted by Crippen LogP contribution is -2.14. The van der Waals surface area contributed by atoms with E-state index in [0.717, 1.165) is 0 Å². The van der Waals surface area contributed by atoms with E-state index in [2.05, 4.69) is 15.9 Å². The molecule has 2 N–H and O–H groups in total. The molecular formula is C14H11BrFNO2. The lowest BCUT2D eigenvalue weighted by molar-refractivity contribution is 0.0998. The molecule has 0 saturated heterocycles. The van der Waals surface area contributed by atoms with Gasteiger partial charge in [0.15, 0.2) is 0 Å². The third kappa shape index (κ3) is 3.32. The van der Waals surface area contributed by atoms with Gasteiger partial charge in [-0.1, -0.05) is 18.2 Å². The number of hydrogen-bond acceptors (Lipinski definition) is 2. The molecule has 0 bridgehead atoms. The van der Waals surface area contributed by atoms with Crippen LogP contribution in [-0.4, -0.2) is 5.91 Å². The Kier molecular flexibility index (Phi) is 4.16. The maximum absolute atomic E-state index is 13.1. The number of amides is 1. The van der Waals surface area contributed by atoms with Gasteiger partial charge in [0.05, 0.1) is 4.47 Å². The molecule has 2 aromatic carbocycles. The molecule has 0 aliphatic carbocycles. The summed E-state index contributed by atoms with van der Waals surface area (Å²) >= 11 is 3.27. The van der Waals surface area contributed by atoms with Crippen LogP contribution >= 0.6 is 15.9 Å². The summed E-state index contributed by atoms with van der Waals surface area (Å²) < 4.78 is 19.2. The Balaban J connectivity index is 2.19. The van der Waals surface area contributed by atoms with Crippen LogP contribution in [0.15, 0.2) is 46.9 Å². The summed E-state index contributed by atoms with van der Waals surface area (Å²) in [5.74, 6) is -0.529. The number of rotatable bonds is 4. The SMILES string of the molecule is NC(=O)c1ccccc1COc1cc(F)ccc1Br. The van der Waals surface area contributed by atoms with E-state index in [9.17, 15) is 9.18 Å². The fourth-order valence-electron chi connectivity index (χ4n) is 1.63. The zero-order valence-electron chi connectivity index (χ0n) is 9.90. The van der Waals surface area contributed by atoms with Crippen molar-refractivity contribution in [2.24, 2.45) is 5.73 Å². The molecule has 0 aromatic heterocycles. The van der Waals surface area contributed by atoms with Crippen LogP contribution < -0.4 is 10.5 Å². The summed E-state index contributed by atoms with van der Waals surface area (Å²) in [7, 11) is 0. The summed E-state index contributed by atoms with van der Waals surface area (Å²) in [5, 5.41) is 0. The van der Waals surface area contributed by atoms with Gasteiger partial charge in [-0.15, -0.1) is 0 Å². The molecule has 0 fully saturated rings. The summed E-state index contributed by atoms with van der Waals surface area (Å²) in [4.78, 5) is 11.3. The Bertz CT molecular complexity index is 616. The highest BCUT2D eigenvalue weighted by atomic mass is 79.9. The van der Waals surface area contributed by atoms with E-state index >= 15 is 0 Å². The number of nitrogens with two attached hydrogens (primary N) is 1. The van der Waals surface area contributed by atoms with E-state index in [1.54, 1.807) is 30.3 Å². The smallest absolute Gasteiger partial charge is 0.249 e. The van der Waals surface area contributed by atoms with Crippen LogP contribution in [0.2, 0.25) is 0 Å². The molecule has 2 aromatic rings. The fourth-order valence-corrected chi connectivity index (χ4v) is 1.99. The Morgan fingerprint density at radius 1 is 1.26 bits per heavy atom. The number of primary amides is 1. The molecule has 0 atom stereocenters. The number of carbonyl (C=O) groups is 1. The van der Waals surface area contributed by atoms with Crippen molar-refractivity contribution in [1.29, 1.82) is 0 Å². The molecule has 0 aliphatic heterocycles. The molecule has 19 heavy (non-hydrogen) atoms. The van der Waals surface area contributed by atoms with Crippen molar-refractivity contribution in [2.75, 3.05) is 0 Å². The maximum Gasteiger partial charge on any atom is 0.249 e. The van der Waals surface area contributed by atoms with Crippen LogP contribution in [-0.2, 0) is 6.61 Å². The molecule has 0 unspecified atom stereocenters. The normalized spacial score (nSPS) is 10.2. The largest absolute Gasteiger partial charge is 0.488 e. The topological polar surface area (TPSA) is 52.3 Å². The summed E-state index contributed by atoms with van der Waals surface area (Å²) in [6.45, 7) is 0.140. The first kappa shape index (κ1) is 13.5. The van der Waals surface area contributed by atoms with E-state index in [1.165, 1.54) is 12.1 Å². The van der Waals surface area contributed by atoms with Gasteiger partial charge in [-0.3, -0.25) is 4.79 Å². The minimum absolute atomic E-state index is 0.140. The second-order valence-corrected chi connectivity index (χ2v) is 4.74. The molecule has 2 rings (SSSR count). The van der Waals surface area contributed by atoms with Gasteiger partial charge in [0.1, 0.15) is 18.2 Å². The summed E-state index contributed by atoms with van der Waals surface area (Å²) in [6.07, 6.45) is 0. The molecule has 0 heterocycles. The van der Waals surface area contributed by atoms with Crippen molar-refractivity contribution in [1.82, 2.24) is 0 Å². The van der Waals surface area contributed by atoms with Crippen LogP contribution in [0.4, 0.5) is 4.39 Å². The molecule has 0 saturated carbocycles. The van der Waals surface area contributed by atoms with Gasteiger partial charge in [0, 0.05) is 17.2 Å². The zero-order valence-corrected chi connectivity index (χ0v) is 11.5. The molecule has 5 heteroatoms. The molecular weight excluding hydrogens is 313 g/mol. The Hall–Kier alpha value is -1.88. The van der Waals surface area contributed by atoms with Crippen molar-refractivity contribution in [3.8, 4) is 5.75 Å². The zero-order chi connectivity index (χ0) is 13.8. The average molecular weight is 324 g/mol. The van der Waals surface area contributed by atoms with Gasteiger partial charge in [-0.2, -0.15) is 0 Å². The molecule has 3 nitrogen and oxygen atoms in total. The first-order valence-corrected chi connectivity index (χ1v) is 6.33. The number of ether oxygens (including phenoxy) is 1. The standard InChI is InChI=1S/C14H11BrFNO2/c15-12-6-5-10(16)7-13(12)19-8-9-3-1-2-4-11(9)14(17)18/h1-7H,8H2,(H2,17,18). The van der Waals surface area contributed by atoms with Gasteiger partial charge < -0.3 is 10.5 Å². The number of halogens is 2. The van der Waals surface area contributed by atoms with Crippen LogP contribution in [0.3, 0.4) is 0 Å². The second-order valence-electron chi connectivity index (χ2n) is 3.88. The average Bonchev–Trinajstić information content (AvgIpc) is 2.40. The Morgan fingerprint density at radius 3 is 2.74 bits per heavy atom. The first-order valence-electron chi connectivity index (χ1n) is 5.53. The summed E-state index contributed by atoms with van der Waals surface area (Å²) in [6, 6.07) is 11.0. The van der Waals surface area contributed by atoms with Crippen LogP contribution in [0, 0.1) is 5.82 Å². The van der Waals surface area contributed by atoms with Gasteiger partial charge in [0.2, 0.25) is 5.91 Å². The van der Waals surface area contributed by atoms with Crippen molar-refractivity contribution in [2.45, 2.75) is 6.61 Å². The highest BCUT2D eigenvalue weighted by molar-refractivity contribution is 9.10. The van der Waals surface area contributed by atoms with E-state index in [4.69, 9.17) is 10.5 Å². The minimum atomic E-state index is -0.516. The highest BCUT2D eigenvalue weighted by Gasteiger charge is 2.09. The van der Waals surface area contributed by atoms with Crippen molar-refractivity contribution in [3.63, 3.8) is 0 Å². The lowest BCUT2D eigenvalue weighted by atomic mass is 10.1. The maximum atomic E-state index is 13.1. The molecule has 0 spiro atoms. The van der Waals surface area contributed by atoms with E-state index in [-0.39, 0.29) is 12.4 Å². The van der Waals surface area contributed by atoms with Crippen LogP contribution in [0.5, 0.6) is 5.75 Å². The fraction of sp³-hybridized carbons (Fsp3) is 0.0714. The molecule has 98 valence electrons. The van der Waals surface area contributed by atoms with Crippen molar-refractivity contribution in [3.05, 3.63) is 63.9 Å². The van der Waals surface area contributed by atoms with E-state index < -0.39 is 5.91 Å². The first-order chi connectivity index (χ1) is 9.08. The Labute approximate surface area is 118 Å². The third-order valence-electron chi connectivity index (χ3n) is 2.56. The van der Waals surface area contributed by atoms with Crippen LogP contribution in [0.25, 0.3) is 0 Å². The number of carbonyl (C=O) groups excluding carboxylic acids is 1. The minimum Gasteiger partial charge on any atom is -0.488 e. The van der Waals surface area contributed by atoms with Gasteiger partial charge >= 0.3 is 0 Å². The van der Waals surface area contributed by atoms with E-state index in [0.29, 0.717) is 21.3 Å². The van der Waals surface area contributed by atoms with Crippen molar-refractivity contribution < 1.29 is 13.9 Å². The molecule has 1 amide bonds. The van der Waals surface area contributed by atoms with Gasteiger partial charge in [0.25, 0.3) is 0 Å².